The Morgan fingerprint density at radius 3 is 3.14 bits per heavy atom. The third kappa shape index (κ3) is 0.909. The number of rotatable bonds is 0. The van der Waals surface area contributed by atoms with Crippen LogP contribution in [0.15, 0.2) is 30.5 Å². The monoisotopic (exact) mass is 185 g/mol. The summed E-state index contributed by atoms with van der Waals surface area (Å²) in [4.78, 5) is 0. The molecular formula is C12H11NO. The number of fused-ring (bicyclic) bond motifs is 3. The summed E-state index contributed by atoms with van der Waals surface area (Å²) in [5, 5.41) is 1.20. The molecule has 14 heavy (non-hydrogen) atoms. The molecule has 2 nitrogen and oxygen atoms in total. The largest absolute Gasteiger partial charge is 0.488 e. The molecule has 2 heteroatoms. The molecule has 70 valence electrons. The average Bonchev–Trinajstić information content (AvgIpc) is 2.61. The van der Waals surface area contributed by atoms with Crippen LogP contribution in [0.4, 0.5) is 0 Å². The minimum absolute atomic E-state index is 0.682. The topological polar surface area (TPSA) is 14.2 Å². The lowest BCUT2D eigenvalue weighted by atomic mass is 10.1. The zero-order valence-electron chi connectivity index (χ0n) is 8.03. The van der Waals surface area contributed by atoms with Crippen LogP contribution >= 0.6 is 0 Å². The van der Waals surface area contributed by atoms with E-state index in [2.05, 4.69) is 35.0 Å². The van der Waals surface area contributed by atoms with Gasteiger partial charge in [-0.1, -0.05) is 6.08 Å². The number of hydrogen-bond donors (Lipinski definition) is 0. The van der Waals surface area contributed by atoms with Crippen LogP contribution in [0.3, 0.4) is 0 Å². The molecule has 2 aromatic rings. The second kappa shape index (κ2) is 2.64. The molecule has 0 amide bonds. The molecule has 0 N–H and O–H groups in total. The van der Waals surface area contributed by atoms with Crippen LogP contribution in [0.1, 0.15) is 5.56 Å². The van der Waals surface area contributed by atoms with E-state index in [0.29, 0.717) is 6.61 Å². The first-order valence-electron chi connectivity index (χ1n) is 4.73. The van der Waals surface area contributed by atoms with Crippen LogP contribution < -0.4 is 4.74 Å². The standard InChI is InChI=1S/C12H11NO/c1-13-7-6-10-11(13)5-4-9-3-2-8-14-12(9)10/h2-7H,8H2,1H3. The van der Waals surface area contributed by atoms with E-state index >= 15 is 0 Å². The number of hydrogen-bond acceptors (Lipinski definition) is 1. The Balaban J connectivity index is 2.41. The highest BCUT2D eigenvalue weighted by atomic mass is 16.5. The Labute approximate surface area is 82.4 Å². The fourth-order valence-corrected chi connectivity index (χ4v) is 1.94. The molecule has 0 fully saturated rings. The van der Waals surface area contributed by atoms with E-state index < -0.39 is 0 Å². The molecule has 0 bridgehead atoms. The number of nitrogens with zero attached hydrogens (tertiary/aromatic N) is 1. The zero-order chi connectivity index (χ0) is 9.54. The maximum atomic E-state index is 5.65. The van der Waals surface area contributed by atoms with Crippen molar-refractivity contribution < 1.29 is 4.74 Å². The van der Waals surface area contributed by atoms with Gasteiger partial charge in [0.05, 0.1) is 5.52 Å². The van der Waals surface area contributed by atoms with Gasteiger partial charge >= 0.3 is 0 Å². The molecule has 0 radical (unpaired) electrons. The molecule has 0 saturated carbocycles. The molecule has 2 heterocycles. The summed E-state index contributed by atoms with van der Waals surface area (Å²) >= 11 is 0. The lowest BCUT2D eigenvalue weighted by Crippen LogP contribution is -2.00. The van der Waals surface area contributed by atoms with Gasteiger partial charge in [0, 0.05) is 24.2 Å². The van der Waals surface area contributed by atoms with E-state index in [0.717, 1.165) is 5.75 Å². The first-order chi connectivity index (χ1) is 6.86. The van der Waals surface area contributed by atoms with Crippen LogP contribution in [0, 0.1) is 0 Å². The summed E-state index contributed by atoms with van der Waals surface area (Å²) in [6, 6.07) is 6.34. The second-order valence-corrected chi connectivity index (χ2v) is 3.56. The SMILES string of the molecule is Cn1ccc2c3c(ccc21)C=CCO3. The van der Waals surface area contributed by atoms with Crippen LogP contribution in [-0.2, 0) is 7.05 Å². The third-order valence-electron chi connectivity index (χ3n) is 2.67. The Kier molecular flexibility index (Phi) is 1.45. The first kappa shape index (κ1) is 7.68. The van der Waals surface area contributed by atoms with Crippen molar-refractivity contribution in [1.29, 1.82) is 0 Å². The lowest BCUT2D eigenvalue weighted by Gasteiger charge is -2.13. The molecule has 0 aliphatic carbocycles. The fourth-order valence-electron chi connectivity index (χ4n) is 1.94. The van der Waals surface area contributed by atoms with E-state index in [9.17, 15) is 0 Å². The van der Waals surface area contributed by atoms with Gasteiger partial charge in [0.2, 0.25) is 0 Å². The van der Waals surface area contributed by atoms with E-state index in [1.165, 1.54) is 16.5 Å². The molecule has 0 unspecified atom stereocenters. The minimum Gasteiger partial charge on any atom is -0.488 e. The van der Waals surface area contributed by atoms with Crippen molar-refractivity contribution in [3.8, 4) is 5.75 Å². The maximum absolute atomic E-state index is 5.65. The van der Waals surface area contributed by atoms with Crippen LogP contribution in [0.25, 0.3) is 17.0 Å². The highest BCUT2D eigenvalue weighted by molar-refractivity contribution is 5.90. The van der Waals surface area contributed by atoms with E-state index in [-0.39, 0.29) is 0 Å². The lowest BCUT2D eigenvalue weighted by molar-refractivity contribution is 0.363. The van der Waals surface area contributed by atoms with Crippen LogP contribution in [0.2, 0.25) is 0 Å². The predicted molar refractivity (Wildman–Crippen MR) is 57.4 cm³/mol. The molecule has 1 aliphatic heterocycles. The Morgan fingerprint density at radius 1 is 1.29 bits per heavy atom. The zero-order valence-corrected chi connectivity index (χ0v) is 8.03. The number of ether oxygens (including phenoxy) is 1. The van der Waals surface area contributed by atoms with E-state index in [1.54, 1.807) is 0 Å². The Morgan fingerprint density at radius 2 is 2.21 bits per heavy atom. The molecule has 1 aliphatic rings. The van der Waals surface area contributed by atoms with Crippen molar-refractivity contribution in [1.82, 2.24) is 4.57 Å². The summed E-state index contributed by atoms with van der Waals surface area (Å²) in [6.07, 6.45) is 6.22. The van der Waals surface area contributed by atoms with Crippen molar-refractivity contribution in [2.24, 2.45) is 7.05 Å². The first-order valence-corrected chi connectivity index (χ1v) is 4.73. The number of benzene rings is 1. The molecule has 3 rings (SSSR count). The van der Waals surface area contributed by atoms with E-state index in [1.807, 2.05) is 13.1 Å². The van der Waals surface area contributed by atoms with Gasteiger partial charge in [0.25, 0.3) is 0 Å². The highest BCUT2D eigenvalue weighted by Crippen LogP contribution is 2.32. The summed E-state index contributed by atoms with van der Waals surface area (Å²) in [6.45, 7) is 0.682. The molecular weight excluding hydrogens is 174 g/mol. The van der Waals surface area contributed by atoms with Crippen molar-refractivity contribution in [2.45, 2.75) is 0 Å². The molecule has 1 aromatic carbocycles. The van der Waals surface area contributed by atoms with Gasteiger partial charge in [-0.3, -0.25) is 0 Å². The van der Waals surface area contributed by atoms with Crippen LogP contribution in [0.5, 0.6) is 5.75 Å². The van der Waals surface area contributed by atoms with Gasteiger partial charge in [-0.25, -0.2) is 0 Å². The number of aromatic nitrogens is 1. The summed E-state index contributed by atoms with van der Waals surface area (Å²) < 4.78 is 7.76. The molecule has 0 spiro atoms. The van der Waals surface area contributed by atoms with Crippen molar-refractivity contribution in [3.63, 3.8) is 0 Å². The predicted octanol–water partition coefficient (Wildman–Crippen LogP) is 2.58. The highest BCUT2D eigenvalue weighted by Gasteiger charge is 2.11. The maximum Gasteiger partial charge on any atom is 0.136 e. The molecule has 0 atom stereocenters. The minimum atomic E-state index is 0.682. The average molecular weight is 185 g/mol. The van der Waals surface area contributed by atoms with Gasteiger partial charge in [0.1, 0.15) is 12.4 Å². The fraction of sp³-hybridized carbons (Fsp3) is 0.167. The van der Waals surface area contributed by atoms with Gasteiger partial charge in [-0.2, -0.15) is 0 Å². The Bertz CT molecular complexity index is 522. The second-order valence-electron chi connectivity index (χ2n) is 3.56. The van der Waals surface area contributed by atoms with Crippen LogP contribution in [-0.4, -0.2) is 11.2 Å². The van der Waals surface area contributed by atoms with Gasteiger partial charge in [-0.15, -0.1) is 0 Å². The Hall–Kier alpha value is -1.70. The normalized spacial score (nSPS) is 14.1. The van der Waals surface area contributed by atoms with Crippen molar-refractivity contribution in [3.05, 3.63) is 36.0 Å². The smallest absolute Gasteiger partial charge is 0.136 e. The summed E-state index contributed by atoms with van der Waals surface area (Å²) in [5.74, 6) is 1.02. The van der Waals surface area contributed by atoms with E-state index in [4.69, 9.17) is 4.74 Å². The quantitative estimate of drug-likeness (QED) is 0.615. The summed E-state index contributed by atoms with van der Waals surface area (Å²) in [7, 11) is 2.05. The van der Waals surface area contributed by atoms with Gasteiger partial charge in [-0.05, 0) is 24.3 Å². The van der Waals surface area contributed by atoms with Gasteiger partial charge < -0.3 is 9.30 Å². The van der Waals surface area contributed by atoms with Crippen molar-refractivity contribution >= 4 is 17.0 Å². The van der Waals surface area contributed by atoms with Crippen molar-refractivity contribution in [2.75, 3.05) is 6.61 Å². The van der Waals surface area contributed by atoms with Gasteiger partial charge in [0.15, 0.2) is 0 Å². The third-order valence-corrected chi connectivity index (χ3v) is 2.67. The summed E-state index contributed by atoms with van der Waals surface area (Å²) in [5.41, 5.74) is 2.40. The molecule has 0 saturated heterocycles. The molecule has 1 aromatic heterocycles. The number of aryl methyl sites for hydroxylation is 1.